The zero-order chi connectivity index (χ0) is 15.3. The summed E-state index contributed by atoms with van der Waals surface area (Å²) in [6.07, 6.45) is 3.55. The minimum absolute atomic E-state index is 0.119. The van der Waals surface area contributed by atoms with Gasteiger partial charge in [0.2, 0.25) is 0 Å². The number of carboxylic acid groups (broad SMARTS) is 1. The van der Waals surface area contributed by atoms with Crippen LogP contribution in [-0.4, -0.2) is 76.9 Å². The summed E-state index contributed by atoms with van der Waals surface area (Å²) in [5.74, 6) is -0.926. The molecule has 2 rings (SSSR count). The van der Waals surface area contributed by atoms with Gasteiger partial charge in [0, 0.05) is 26.2 Å². The van der Waals surface area contributed by atoms with Crippen LogP contribution in [0.4, 0.5) is 4.79 Å². The van der Waals surface area contributed by atoms with Gasteiger partial charge in [-0.15, -0.1) is 0 Å². The maximum absolute atomic E-state index is 12.4. The summed E-state index contributed by atoms with van der Waals surface area (Å²) in [5, 5.41) is 21.1. The van der Waals surface area contributed by atoms with E-state index in [2.05, 4.69) is 10.2 Å². The first-order valence-corrected chi connectivity index (χ1v) is 7.71. The Morgan fingerprint density at radius 3 is 2.38 bits per heavy atom. The molecule has 0 radical (unpaired) electrons. The maximum Gasteiger partial charge on any atom is 0.329 e. The lowest BCUT2D eigenvalue weighted by Gasteiger charge is -2.30. The lowest BCUT2D eigenvalue weighted by Crippen LogP contribution is -2.56. The highest BCUT2D eigenvalue weighted by molar-refractivity contribution is 5.86. The van der Waals surface area contributed by atoms with E-state index in [1.807, 2.05) is 0 Å². The van der Waals surface area contributed by atoms with Crippen molar-refractivity contribution in [1.82, 2.24) is 15.1 Å². The van der Waals surface area contributed by atoms with Crippen molar-refractivity contribution in [2.24, 2.45) is 0 Å². The molecule has 7 nitrogen and oxygen atoms in total. The normalized spacial score (nSPS) is 22.8. The zero-order valence-corrected chi connectivity index (χ0v) is 12.4. The molecular weight excluding hydrogens is 274 g/mol. The summed E-state index contributed by atoms with van der Waals surface area (Å²) in [5.41, 5.74) is -1.08. The number of nitrogens with one attached hydrogen (secondary N) is 1. The molecule has 0 aromatic carbocycles. The lowest BCUT2D eigenvalue weighted by atomic mass is 9.98. The second kappa shape index (κ2) is 7.09. The number of aliphatic hydroxyl groups excluding tert-OH is 1. The molecule has 0 aromatic rings. The number of rotatable bonds is 4. The molecule has 1 saturated heterocycles. The van der Waals surface area contributed by atoms with E-state index >= 15 is 0 Å². The number of nitrogens with zero attached hydrogens (tertiary/aromatic N) is 2. The van der Waals surface area contributed by atoms with E-state index in [0.717, 1.165) is 25.8 Å². The smallest absolute Gasteiger partial charge is 0.329 e. The molecule has 2 aliphatic rings. The molecule has 0 aromatic heterocycles. The average Bonchev–Trinajstić information content (AvgIpc) is 2.79. The van der Waals surface area contributed by atoms with Gasteiger partial charge in [0.15, 0.2) is 0 Å². The third-order valence-electron chi connectivity index (χ3n) is 4.50. The fraction of sp³-hybridized carbons (Fsp3) is 0.857. The number of carboxylic acids is 1. The molecule has 0 unspecified atom stereocenters. The van der Waals surface area contributed by atoms with Gasteiger partial charge in [0.1, 0.15) is 5.54 Å². The molecule has 21 heavy (non-hydrogen) atoms. The highest BCUT2D eigenvalue weighted by Crippen LogP contribution is 2.30. The van der Waals surface area contributed by atoms with Crippen molar-refractivity contribution in [3.63, 3.8) is 0 Å². The van der Waals surface area contributed by atoms with E-state index in [-0.39, 0.29) is 12.6 Å². The largest absolute Gasteiger partial charge is 0.480 e. The van der Waals surface area contributed by atoms with Gasteiger partial charge in [-0.1, -0.05) is 12.8 Å². The van der Waals surface area contributed by atoms with Crippen LogP contribution in [0.2, 0.25) is 0 Å². The zero-order valence-electron chi connectivity index (χ0n) is 12.4. The van der Waals surface area contributed by atoms with Crippen LogP contribution in [0.15, 0.2) is 0 Å². The molecule has 1 saturated carbocycles. The summed E-state index contributed by atoms with van der Waals surface area (Å²) < 4.78 is 0. The number of β-amino-alcohol motifs (C(OH)–C–C–N with tert-alkyl or cyclic N) is 1. The van der Waals surface area contributed by atoms with Crippen molar-refractivity contribution in [1.29, 1.82) is 0 Å². The van der Waals surface area contributed by atoms with E-state index in [1.54, 1.807) is 4.90 Å². The van der Waals surface area contributed by atoms with E-state index in [0.29, 0.717) is 39.0 Å². The molecule has 1 aliphatic carbocycles. The Labute approximate surface area is 124 Å². The number of amides is 2. The van der Waals surface area contributed by atoms with Crippen LogP contribution in [0.25, 0.3) is 0 Å². The molecule has 2 amide bonds. The molecule has 2 fully saturated rings. The molecule has 7 heteroatoms. The van der Waals surface area contributed by atoms with Crippen molar-refractivity contribution in [3.8, 4) is 0 Å². The van der Waals surface area contributed by atoms with Crippen LogP contribution < -0.4 is 5.32 Å². The third kappa shape index (κ3) is 3.85. The van der Waals surface area contributed by atoms with Crippen LogP contribution in [-0.2, 0) is 4.79 Å². The van der Waals surface area contributed by atoms with Crippen molar-refractivity contribution in [3.05, 3.63) is 0 Å². The minimum Gasteiger partial charge on any atom is -0.480 e. The molecule has 0 atom stereocenters. The Hall–Kier alpha value is -1.34. The Morgan fingerprint density at radius 2 is 1.76 bits per heavy atom. The number of carbonyl (C=O) groups excluding carboxylic acids is 1. The summed E-state index contributed by atoms with van der Waals surface area (Å²) >= 11 is 0. The Kier molecular flexibility index (Phi) is 5.41. The van der Waals surface area contributed by atoms with E-state index in [1.165, 1.54) is 0 Å². The Morgan fingerprint density at radius 1 is 1.05 bits per heavy atom. The fourth-order valence-electron chi connectivity index (χ4n) is 3.19. The van der Waals surface area contributed by atoms with Gasteiger partial charge in [0.25, 0.3) is 0 Å². The number of aliphatic carboxylic acids is 1. The molecular formula is C14H25N3O4. The SMILES string of the molecule is O=C(NC1(C(=O)O)CCCC1)N1CCCN(CCO)CC1. The monoisotopic (exact) mass is 299 g/mol. The number of aliphatic hydroxyl groups is 1. The van der Waals surface area contributed by atoms with Gasteiger partial charge in [0.05, 0.1) is 6.61 Å². The van der Waals surface area contributed by atoms with Gasteiger partial charge in [-0.05, 0) is 25.8 Å². The van der Waals surface area contributed by atoms with E-state index in [4.69, 9.17) is 5.11 Å². The quantitative estimate of drug-likeness (QED) is 0.684. The van der Waals surface area contributed by atoms with Crippen molar-refractivity contribution in [2.45, 2.75) is 37.6 Å². The highest BCUT2D eigenvalue weighted by Gasteiger charge is 2.43. The second-order valence-electron chi connectivity index (χ2n) is 5.93. The summed E-state index contributed by atoms with van der Waals surface area (Å²) in [6.45, 7) is 3.51. The number of hydrogen-bond donors (Lipinski definition) is 3. The van der Waals surface area contributed by atoms with Crippen molar-refractivity contribution >= 4 is 12.0 Å². The fourth-order valence-corrected chi connectivity index (χ4v) is 3.19. The predicted octanol–water partition coefficient (Wildman–Crippen LogP) is 0.0934. The number of carbonyl (C=O) groups is 2. The predicted molar refractivity (Wildman–Crippen MR) is 77.1 cm³/mol. The van der Waals surface area contributed by atoms with Crippen LogP contribution in [0, 0.1) is 0 Å². The van der Waals surface area contributed by atoms with E-state index in [9.17, 15) is 14.7 Å². The first-order valence-electron chi connectivity index (χ1n) is 7.71. The third-order valence-corrected chi connectivity index (χ3v) is 4.50. The van der Waals surface area contributed by atoms with Crippen LogP contribution in [0.1, 0.15) is 32.1 Å². The van der Waals surface area contributed by atoms with Gasteiger partial charge in [-0.3, -0.25) is 4.90 Å². The molecule has 3 N–H and O–H groups in total. The Balaban J connectivity index is 1.92. The first kappa shape index (κ1) is 16.0. The van der Waals surface area contributed by atoms with Gasteiger partial charge >= 0.3 is 12.0 Å². The highest BCUT2D eigenvalue weighted by atomic mass is 16.4. The summed E-state index contributed by atoms with van der Waals surface area (Å²) in [4.78, 5) is 27.7. The van der Waals surface area contributed by atoms with Gasteiger partial charge in [-0.25, -0.2) is 9.59 Å². The standard InChI is InChI=1S/C14H25N3O4/c18-11-10-16-6-3-7-17(9-8-16)13(21)15-14(12(19)20)4-1-2-5-14/h18H,1-11H2,(H,15,21)(H,19,20). The van der Waals surface area contributed by atoms with Crippen LogP contribution in [0.3, 0.4) is 0 Å². The van der Waals surface area contributed by atoms with Gasteiger partial charge in [-0.2, -0.15) is 0 Å². The topological polar surface area (TPSA) is 93.1 Å². The molecule has 1 aliphatic heterocycles. The number of urea groups is 1. The average molecular weight is 299 g/mol. The first-order chi connectivity index (χ1) is 10.1. The molecule has 0 spiro atoms. The summed E-state index contributed by atoms with van der Waals surface area (Å²) in [7, 11) is 0. The van der Waals surface area contributed by atoms with Crippen LogP contribution in [0.5, 0.6) is 0 Å². The van der Waals surface area contributed by atoms with Crippen molar-refractivity contribution < 1.29 is 19.8 Å². The molecule has 0 bridgehead atoms. The minimum atomic E-state index is -1.08. The van der Waals surface area contributed by atoms with Crippen LogP contribution >= 0.6 is 0 Å². The van der Waals surface area contributed by atoms with Gasteiger partial charge < -0.3 is 20.4 Å². The van der Waals surface area contributed by atoms with Crippen molar-refractivity contribution in [2.75, 3.05) is 39.3 Å². The Bertz CT molecular complexity index is 382. The molecule has 120 valence electrons. The van der Waals surface area contributed by atoms with E-state index < -0.39 is 11.5 Å². The second-order valence-corrected chi connectivity index (χ2v) is 5.93. The number of hydrogen-bond acceptors (Lipinski definition) is 4. The maximum atomic E-state index is 12.4. The molecule has 1 heterocycles. The summed E-state index contributed by atoms with van der Waals surface area (Å²) in [6, 6.07) is -0.273. The lowest BCUT2D eigenvalue weighted by molar-refractivity contribution is -0.144.